The van der Waals surface area contributed by atoms with E-state index in [2.05, 4.69) is 15.4 Å². The Morgan fingerprint density at radius 1 is 1.19 bits per heavy atom. The lowest BCUT2D eigenvalue weighted by molar-refractivity contribution is 0.0189. The molecule has 2 N–H and O–H groups in total. The Morgan fingerprint density at radius 3 is 2.92 bits per heavy atom. The van der Waals surface area contributed by atoms with E-state index in [1.54, 1.807) is 41.5 Å². The van der Waals surface area contributed by atoms with E-state index < -0.39 is 5.60 Å². The van der Waals surface area contributed by atoms with Crippen LogP contribution in [0.4, 0.5) is 0 Å². The molecule has 2 aromatic heterocycles. The molecule has 1 amide bonds. The number of fused-ring (bicyclic) bond motifs is 1. The van der Waals surface area contributed by atoms with Crippen LogP contribution in [0.1, 0.15) is 34.3 Å². The van der Waals surface area contributed by atoms with Gasteiger partial charge in [0, 0.05) is 18.6 Å². The van der Waals surface area contributed by atoms with E-state index in [-0.39, 0.29) is 12.5 Å². The molecule has 26 heavy (non-hydrogen) atoms. The third-order valence-corrected chi connectivity index (χ3v) is 4.85. The van der Waals surface area contributed by atoms with Crippen molar-refractivity contribution in [2.24, 2.45) is 0 Å². The average Bonchev–Trinajstić information content (AvgIpc) is 3.21. The molecular formula is C20H20N4O2. The predicted molar refractivity (Wildman–Crippen MR) is 97.0 cm³/mol. The number of nitrogens with one attached hydrogen (secondary N) is 1. The lowest BCUT2D eigenvalue weighted by Crippen LogP contribution is -2.43. The summed E-state index contributed by atoms with van der Waals surface area (Å²) in [4.78, 5) is 17.0. The summed E-state index contributed by atoms with van der Waals surface area (Å²) in [5.41, 5.74) is 1.43. The van der Waals surface area contributed by atoms with Gasteiger partial charge in [-0.25, -0.2) is 9.67 Å². The minimum Gasteiger partial charge on any atom is -0.383 e. The zero-order valence-corrected chi connectivity index (χ0v) is 14.3. The molecule has 0 fully saturated rings. The van der Waals surface area contributed by atoms with E-state index in [0.29, 0.717) is 17.8 Å². The average molecular weight is 348 g/mol. The normalized spacial score (nSPS) is 19.0. The Kier molecular flexibility index (Phi) is 4.26. The van der Waals surface area contributed by atoms with Crippen molar-refractivity contribution in [3.8, 4) is 5.82 Å². The Labute approximate surface area is 151 Å². The summed E-state index contributed by atoms with van der Waals surface area (Å²) < 4.78 is 1.56. The summed E-state index contributed by atoms with van der Waals surface area (Å²) in [6.45, 7) is 0.163. The molecule has 0 saturated carbocycles. The van der Waals surface area contributed by atoms with Crippen molar-refractivity contribution in [1.82, 2.24) is 20.1 Å². The first kappa shape index (κ1) is 16.5. The molecule has 0 spiro atoms. The molecule has 6 heteroatoms. The van der Waals surface area contributed by atoms with Gasteiger partial charge in [-0.3, -0.25) is 4.79 Å². The van der Waals surface area contributed by atoms with Gasteiger partial charge >= 0.3 is 0 Å². The number of amides is 1. The van der Waals surface area contributed by atoms with Crippen LogP contribution in [0.2, 0.25) is 0 Å². The van der Waals surface area contributed by atoms with Crippen LogP contribution in [-0.2, 0) is 12.0 Å². The second kappa shape index (κ2) is 6.72. The molecule has 0 bridgehead atoms. The second-order valence-electron chi connectivity index (χ2n) is 6.55. The lowest BCUT2D eigenvalue weighted by Gasteiger charge is -2.34. The van der Waals surface area contributed by atoms with Crippen LogP contribution in [0.5, 0.6) is 0 Å². The number of hydrogen-bond donors (Lipinski definition) is 2. The molecule has 1 atom stereocenters. The first-order valence-corrected chi connectivity index (χ1v) is 8.71. The van der Waals surface area contributed by atoms with Gasteiger partial charge < -0.3 is 10.4 Å². The lowest BCUT2D eigenvalue weighted by atomic mass is 9.79. The van der Waals surface area contributed by atoms with Gasteiger partial charge in [-0.1, -0.05) is 24.3 Å². The van der Waals surface area contributed by atoms with Crippen LogP contribution in [0.15, 0.2) is 61.1 Å². The van der Waals surface area contributed by atoms with Gasteiger partial charge in [0.15, 0.2) is 5.82 Å². The number of carbonyl (C=O) groups is 1. The second-order valence-corrected chi connectivity index (χ2v) is 6.55. The molecule has 1 unspecified atom stereocenters. The highest BCUT2D eigenvalue weighted by atomic mass is 16.3. The Hall–Kier alpha value is -2.99. The Balaban J connectivity index is 1.56. The van der Waals surface area contributed by atoms with Crippen molar-refractivity contribution in [3.05, 3.63) is 77.7 Å². The third-order valence-electron chi connectivity index (χ3n) is 4.85. The molecule has 0 saturated heterocycles. The number of hydrogen-bond acceptors (Lipinski definition) is 4. The topological polar surface area (TPSA) is 80.0 Å². The van der Waals surface area contributed by atoms with Crippen molar-refractivity contribution in [2.45, 2.75) is 24.9 Å². The van der Waals surface area contributed by atoms with E-state index in [0.717, 1.165) is 24.0 Å². The Morgan fingerprint density at radius 2 is 2.08 bits per heavy atom. The molecule has 132 valence electrons. The first-order valence-electron chi connectivity index (χ1n) is 8.71. The quantitative estimate of drug-likeness (QED) is 0.758. The number of aromatic nitrogens is 3. The van der Waals surface area contributed by atoms with Gasteiger partial charge in [0.1, 0.15) is 5.60 Å². The van der Waals surface area contributed by atoms with Crippen molar-refractivity contribution < 1.29 is 9.90 Å². The van der Waals surface area contributed by atoms with Crippen molar-refractivity contribution in [1.29, 1.82) is 0 Å². The fourth-order valence-electron chi connectivity index (χ4n) is 3.55. The highest BCUT2D eigenvalue weighted by Gasteiger charge is 2.34. The highest BCUT2D eigenvalue weighted by molar-refractivity contribution is 5.97. The van der Waals surface area contributed by atoms with Crippen LogP contribution in [-0.4, -0.2) is 32.3 Å². The molecule has 1 aliphatic carbocycles. The zero-order valence-electron chi connectivity index (χ0n) is 14.3. The number of aliphatic hydroxyl groups is 1. The number of rotatable bonds is 4. The summed E-state index contributed by atoms with van der Waals surface area (Å²) in [5, 5.41) is 18.2. The van der Waals surface area contributed by atoms with Crippen LogP contribution in [0.3, 0.4) is 0 Å². The molecule has 4 rings (SSSR count). The van der Waals surface area contributed by atoms with Gasteiger partial charge in [-0.15, -0.1) is 0 Å². The molecule has 2 heterocycles. The van der Waals surface area contributed by atoms with Gasteiger partial charge in [0.2, 0.25) is 0 Å². The fraction of sp³-hybridized carbons (Fsp3) is 0.250. The molecule has 1 aromatic carbocycles. The highest BCUT2D eigenvalue weighted by Crippen LogP contribution is 2.34. The maximum Gasteiger partial charge on any atom is 0.255 e. The number of carbonyl (C=O) groups excluding carboxylic acids is 1. The summed E-state index contributed by atoms with van der Waals surface area (Å²) in [6.07, 6.45) is 7.48. The number of benzene rings is 1. The smallest absolute Gasteiger partial charge is 0.255 e. The predicted octanol–water partition coefficient (Wildman–Crippen LogP) is 2.22. The Bertz CT molecular complexity index is 923. The molecule has 3 aromatic rings. The van der Waals surface area contributed by atoms with Gasteiger partial charge in [-0.2, -0.15) is 5.10 Å². The van der Waals surface area contributed by atoms with Crippen molar-refractivity contribution in [2.75, 3.05) is 6.54 Å². The van der Waals surface area contributed by atoms with Crippen molar-refractivity contribution in [3.63, 3.8) is 0 Å². The van der Waals surface area contributed by atoms with E-state index in [9.17, 15) is 9.90 Å². The van der Waals surface area contributed by atoms with Gasteiger partial charge in [0.05, 0.1) is 12.1 Å². The summed E-state index contributed by atoms with van der Waals surface area (Å²) in [7, 11) is 0. The molecule has 6 nitrogen and oxygen atoms in total. The van der Waals surface area contributed by atoms with Crippen LogP contribution >= 0.6 is 0 Å². The monoisotopic (exact) mass is 348 g/mol. The van der Waals surface area contributed by atoms with Crippen molar-refractivity contribution >= 4 is 5.91 Å². The van der Waals surface area contributed by atoms with Crippen LogP contribution in [0.25, 0.3) is 5.82 Å². The number of pyridine rings is 1. The minimum absolute atomic E-state index is 0.163. The fourth-order valence-corrected chi connectivity index (χ4v) is 3.55. The maximum atomic E-state index is 12.8. The van der Waals surface area contributed by atoms with Crippen LogP contribution < -0.4 is 5.32 Å². The molecule has 0 radical (unpaired) electrons. The van der Waals surface area contributed by atoms with E-state index >= 15 is 0 Å². The standard InChI is InChI=1S/C20H20N4O2/c25-19(16-8-4-11-21-18(16)24-13-5-12-23-24)22-14-20(26)10-3-7-15-6-1-2-9-17(15)20/h1-2,4-6,8-9,11-13,26H,3,7,10,14H2,(H,22,25). The molecule has 0 aliphatic heterocycles. The molecular weight excluding hydrogens is 328 g/mol. The number of aryl methyl sites for hydroxylation is 1. The van der Waals surface area contributed by atoms with Gasteiger partial charge in [-0.05, 0) is 48.6 Å². The van der Waals surface area contributed by atoms with E-state index in [1.165, 1.54) is 0 Å². The maximum absolute atomic E-state index is 12.8. The van der Waals surface area contributed by atoms with Gasteiger partial charge in [0.25, 0.3) is 5.91 Å². The largest absolute Gasteiger partial charge is 0.383 e. The van der Waals surface area contributed by atoms with Crippen LogP contribution in [0, 0.1) is 0 Å². The zero-order chi connectivity index (χ0) is 18.0. The number of nitrogens with zero attached hydrogens (tertiary/aromatic N) is 3. The van der Waals surface area contributed by atoms with E-state index in [1.807, 2.05) is 24.3 Å². The minimum atomic E-state index is -1.04. The SMILES string of the molecule is O=C(NCC1(O)CCCc2ccccc21)c1cccnc1-n1cccn1. The summed E-state index contributed by atoms with van der Waals surface area (Å²) in [5.74, 6) is 0.186. The summed E-state index contributed by atoms with van der Waals surface area (Å²) >= 11 is 0. The van der Waals surface area contributed by atoms with E-state index in [4.69, 9.17) is 0 Å². The summed E-state index contributed by atoms with van der Waals surface area (Å²) in [6, 6.07) is 13.1. The first-order chi connectivity index (χ1) is 12.7. The third kappa shape index (κ3) is 2.99. The molecule has 1 aliphatic rings.